The van der Waals surface area contributed by atoms with Crippen LogP contribution in [0.15, 0.2) is 18.2 Å². The molecule has 90 valence electrons. The molecule has 2 N–H and O–H groups in total. The molecule has 0 bridgehead atoms. The van der Waals surface area contributed by atoms with E-state index in [9.17, 15) is 10.2 Å². The molecule has 0 aromatic heterocycles. The molecule has 1 rings (SSSR count). The van der Waals surface area contributed by atoms with Crippen molar-refractivity contribution in [3.63, 3.8) is 0 Å². The third-order valence-corrected chi connectivity index (χ3v) is 3.67. The molecule has 0 aliphatic carbocycles. The Kier molecular flexibility index (Phi) is 4.11. The van der Waals surface area contributed by atoms with Gasteiger partial charge in [0, 0.05) is 0 Å². The fraction of sp³-hybridized carbons (Fsp3) is 0.571. The Bertz CT molecular complexity index is 354. The van der Waals surface area contributed by atoms with Crippen LogP contribution in [0.1, 0.15) is 49.5 Å². The van der Waals surface area contributed by atoms with E-state index in [-0.39, 0.29) is 0 Å². The Balaban J connectivity index is 3.13. The predicted molar refractivity (Wildman–Crippen MR) is 66.4 cm³/mol. The van der Waals surface area contributed by atoms with Crippen molar-refractivity contribution in [2.24, 2.45) is 0 Å². The van der Waals surface area contributed by atoms with Gasteiger partial charge in [-0.15, -0.1) is 0 Å². The fourth-order valence-corrected chi connectivity index (χ4v) is 2.00. The zero-order valence-corrected chi connectivity index (χ0v) is 10.6. The maximum absolute atomic E-state index is 10.3. The first-order valence-corrected chi connectivity index (χ1v) is 5.92. The maximum Gasteiger partial charge on any atom is 0.108 e. The highest BCUT2D eigenvalue weighted by molar-refractivity contribution is 5.35. The molecule has 0 amide bonds. The van der Waals surface area contributed by atoms with Gasteiger partial charge in [0.25, 0.3) is 0 Å². The summed E-state index contributed by atoms with van der Waals surface area (Å²) in [6.07, 6.45) is 0.304. The van der Waals surface area contributed by atoms with Crippen molar-refractivity contribution < 1.29 is 10.2 Å². The van der Waals surface area contributed by atoms with Crippen LogP contribution in [0.2, 0.25) is 0 Å². The molecule has 0 fully saturated rings. The molecule has 0 heterocycles. The molecule has 0 saturated carbocycles. The number of rotatable bonds is 4. The largest absolute Gasteiger partial charge is 0.387 e. The van der Waals surface area contributed by atoms with Gasteiger partial charge in [-0.1, -0.05) is 32.0 Å². The van der Waals surface area contributed by atoms with Crippen molar-refractivity contribution in [3.8, 4) is 0 Å². The van der Waals surface area contributed by atoms with Crippen LogP contribution in [0.5, 0.6) is 0 Å². The van der Waals surface area contributed by atoms with Crippen molar-refractivity contribution in [2.75, 3.05) is 0 Å². The summed E-state index contributed by atoms with van der Waals surface area (Å²) in [6.45, 7) is 7.80. The predicted octanol–water partition coefficient (Wildman–Crippen LogP) is 2.89. The molecule has 2 nitrogen and oxygen atoms in total. The second-order valence-electron chi connectivity index (χ2n) is 4.50. The van der Waals surface area contributed by atoms with Crippen LogP contribution in [0, 0.1) is 13.8 Å². The van der Waals surface area contributed by atoms with Crippen LogP contribution in [-0.2, 0) is 0 Å². The third-order valence-electron chi connectivity index (χ3n) is 3.67. The van der Waals surface area contributed by atoms with E-state index in [2.05, 4.69) is 0 Å². The minimum absolute atomic E-state index is 0.554. The summed E-state index contributed by atoms with van der Waals surface area (Å²) in [5.41, 5.74) is 2.03. The quantitative estimate of drug-likeness (QED) is 0.822. The zero-order valence-electron chi connectivity index (χ0n) is 10.6. The van der Waals surface area contributed by atoms with Crippen LogP contribution >= 0.6 is 0 Å². The normalized spacial score (nSPS) is 13.9. The van der Waals surface area contributed by atoms with E-state index in [1.54, 1.807) is 0 Å². The topological polar surface area (TPSA) is 40.5 Å². The van der Waals surface area contributed by atoms with Crippen molar-refractivity contribution >= 4 is 0 Å². The molecule has 0 aliphatic rings. The maximum atomic E-state index is 10.3. The van der Waals surface area contributed by atoms with Crippen LogP contribution in [0.4, 0.5) is 0 Å². The zero-order chi connectivity index (χ0) is 12.3. The summed E-state index contributed by atoms with van der Waals surface area (Å²) in [5, 5.41) is 20.6. The van der Waals surface area contributed by atoms with Crippen molar-refractivity contribution in [1.29, 1.82) is 0 Å². The highest BCUT2D eigenvalue weighted by Crippen LogP contribution is 2.33. The molecule has 1 unspecified atom stereocenters. The van der Waals surface area contributed by atoms with Crippen LogP contribution in [0.25, 0.3) is 0 Å². The first kappa shape index (κ1) is 13.2. The Morgan fingerprint density at radius 3 is 2.25 bits per heavy atom. The van der Waals surface area contributed by atoms with E-state index in [1.165, 1.54) is 0 Å². The van der Waals surface area contributed by atoms with Crippen LogP contribution < -0.4 is 0 Å². The fourth-order valence-electron chi connectivity index (χ4n) is 2.00. The average molecular weight is 222 g/mol. The molecule has 2 heteroatoms. The lowest BCUT2D eigenvalue weighted by molar-refractivity contribution is -0.0823. The Labute approximate surface area is 97.9 Å². The number of benzene rings is 1. The summed E-state index contributed by atoms with van der Waals surface area (Å²) >= 11 is 0. The van der Waals surface area contributed by atoms with Gasteiger partial charge in [-0.2, -0.15) is 0 Å². The van der Waals surface area contributed by atoms with Crippen LogP contribution in [-0.4, -0.2) is 15.8 Å². The molecule has 0 spiro atoms. The SMILES string of the molecule is CCC(O)(CC)C(O)c1cccc(C)c1C. The highest BCUT2D eigenvalue weighted by atomic mass is 16.3. The number of hydrogen-bond acceptors (Lipinski definition) is 2. The molecular formula is C14H22O2. The van der Waals surface area contributed by atoms with E-state index in [4.69, 9.17) is 0 Å². The highest BCUT2D eigenvalue weighted by Gasteiger charge is 2.33. The summed E-state index contributed by atoms with van der Waals surface area (Å²) in [7, 11) is 0. The van der Waals surface area contributed by atoms with Gasteiger partial charge in [0.15, 0.2) is 0 Å². The third kappa shape index (κ3) is 2.28. The van der Waals surface area contributed by atoms with Gasteiger partial charge in [-0.25, -0.2) is 0 Å². The molecule has 0 radical (unpaired) electrons. The van der Waals surface area contributed by atoms with Gasteiger partial charge in [0.2, 0.25) is 0 Å². The molecule has 0 aliphatic heterocycles. The Morgan fingerprint density at radius 1 is 1.19 bits per heavy atom. The molecule has 16 heavy (non-hydrogen) atoms. The van der Waals surface area contributed by atoms with E-state index < -0.39 is 11.7 Å². The van der Waals surface area contributed by atoms with Gasteiger partial charge in [0.05, 0.1) is 5.60 Å². The number of aliphatic hydroxyl groups excluding tert-OH is 1. The smallest absolute Gasteiger partial charge is 0.108 e. The standard InChI is InChI=1S/C14H22O2/c1-5-14(16,6-2)13(15)12-9-7-8-10(3)11(12)4/h7-9,13,15-16H,5-6H2,1-4H3. The van der Waals surface area contributed by atoms with Crippen molar-refractivity contribution in [1.82, 2.24) is 0 Å². The number of aliphatic hydroxyl groups is 2. The first-order valence-electron chi connectivity index (χ1n) is 5.92. The van der Waals surface area contributed by atoms with E-state index in [0.29, 0.717) is 12.8 Å². The van der Waals surface area contributed by atoms with Gasteiger partial charge in [0.1, 0.15) is 6.10 Å². The van der Waals surface area contributed by atoms with Crippen LogP contribution in [0.3, 0.4) is 0 Å². The molecule has 0 saturated heterocycles. The Morgan fingerprint density at radius 2 is 1.75 bits per heavy atom. The second kappa shape index (κ2) is 4.98. The summed E-state index contributed by atoms with van der Waals surface area (Å²) in [4.78, 5) is 0. The molecule has 1 atom stereocenters. The monoisotopic (exact) mass is 222 g/mol. The van der Waals surface area contributed by atoms with Gasteiger partial charge >= 0.3 is 0 Å². The average Bonchev–Trinajstić information content (AvgIpc) is 2.31. The second-order valence-corrected chi connectivity index (χ2v) is 4.50. The first-order chi connectivity index (χ1) is 7.46. The minimum Gasteiger partial charge on any atom is -0.387 e. The summed E-state index contributed by atoms with van der Waals surface area (Å²) in [5.74, 6) is 0. The van der Waals surface area contributed by atoms with Crippen molar-refractivity contribution in [2.45, 2.75) is 52.2 Å². The van der Waals surface area contributed by atoms with E-state index in [1.807, 2.05) is 45.9 Å². The lowest BCUT2D eigenvalue weighted by atomic mass is 9.84. The molecule has 1 aromatic carbocycles. The van der Waals surface area contributed by atoms with Gasteiger partial charge in [-0.3, -0.25) is 0 Å². The summed E-state index contributed by atoms with van der Waals surface area (Å²) < 4.78 is 0. The summed E-state index contributed by atoms with van der Waals surface area (Å²) in [6, 6.07) is 5.83. The number of aryl methyl sites for hydroxylation is 1. The number of hydrogen-bond donors (Lipinski definition) is 2. The van der Waals surface area contributed by atoms with Gasteiger partial charge < -0.3 is 10.2 Å². The molecular weight excluding hydrogens is 200 g/mol. The Hall–Kier alpha value is -0.860. The molecule has 1 aromatic rings. The minimum atomic E-state index is -1.02. The van der Waals surface area contributed by atoms with E-state index in [0.717, 1.165) is 16.7 Å². The van der Waals surface area contributed by atoms with Gasteiger partial charge in [-0.05, 0) is 43.4 Å². The van der Waals surface area contributed by atoms with Crippen molar-refractivity contribution in [3.05, 3.63) is 34.9 Å². The van der Waals surface area contributed by atoms with E-state index >= 15 is 0 Å². The lowest BCUT2D eigenvalue weighted by Crippen LogP contribution is -2.35. The lowest BCUT2D eigenvalue weighted by Gasteiger charge is -2.32.